The van der Waals surface area contributed by atoms with Crippen LogP contribution in [0.3, 0.4) is 0 Å². The molecular formula is C27H28ClNO3S. The molecule has 0 aliphatic rings. The molecule has 0 saturated carbocycles. The molecule has 172 valence electrons. The molecule has 6 heteroatoms. The molecule has 0 bridgehead atoms. The first-order valence-electron chi connectivity index (χ1n) is 10.7. The maximum atomic E-state index is 10.9. The summed E-state index contributed by atoms with van der Waals surface area (Å²) in [6.07, 6.45) is 5.78. The quantitative estimate of drug-likeness (QED) is 0.132. The molecular weight excluding hydrogens is 454 g/mol. The Balaban J connectivity index is 1.57. The van der Waals surface area contributed by atoms with E-state index < -0.39 is 6.10 Å². The number of nitrogens with zero attached hydrogens (tertiary/aromatic N) is 1. The van der Waals surface area contributed by atoms with Crippen molar-refractivity contribution in [1.29, 1.82) is 0 Å². The van der Waals surface area contributed by atoms with E-state index in [-0.39, 0.29) is 5.92 Å². The van der Waals surface area contributed by atoms with E-state index in [2.05, 4.69) is 17.3 Å². The largest absolute Gasteiger partial charge is 0.497 e. The van der Waals surface area contributed by atoms with Gasteiger partial charge >= 0.3 is 0 Å². The number of aliphatic hydroxyl groups is 1. The highest BCUT2D eigenvalue weighted by Crippen LogP contribution is 2.26. The van der Waals surface area contributed by atoms with Crippen molar-refractivity contribution in [2.24, 2.45) is 11.1 Å². The molecule has 0 amide bonds. The predicted molar refractivity (Wildman–Crippen MR) is 137 cm³/mol. The third-order valence-corrected chi connectivity index (χ3v) is 6.22. The molecule has 1 N–H and O–H groups in total. The van der Waals surface area contributed by atoms with Crippen LogP contribution >= 0.6 is 23.4 Å². The molecule has 0 radical (unpaired) electrons. The fourth-order valence-electron chi connectivity index (χ4n) is 3.12. The van der Waals surface area contributed by atoms with Crippen LogP contribution in [0, 0.1) is 5.92 Å². The summed E-state index contributed by atoms with van der Waals surface area (Å²) in [5.74, 6) is 1.45. The molecule has 0 saturated heterocycles. The van der Waals surface area contributed by atoms with Gasteiger partial charge in [0, 0.05) is 21.6 Å². The van der Waals surface area contributed by atoms with E-state index in [0.29, 0.717) is 18.1 Å². The van der Waals surface area contributed by atoms with Crippen LogP contribution in [0.5, 0.6) is 5.75 Å². The van der Waals surface area contributed by atoms with Gasteiger partial charge in [-0.05, 0) is 53.9 Å². The first kappa shape index (κ1) is 24.9. The van der Waals surface area contributed by atoms with Gasteiger partial charge < -0.3 is 14.7 Å². The lowest BCUT2D eigenvalue weighted by Gasteiger charge is -2.18. The predicted octanol–water partition coefficient (Wildman–Crippen LogP) is 6.94. The van der Waals surface area contributed by atoms with Gasteiger partial charge in [-0.25, -0.2) is 0 Å². The van der Waals surface area contributed by atoms with Crippen molar-refractivity contribution in [2.75, 3.05) is 12.9 Å². The number of hydrogen-bond donors (Lipinski definition) is 1. The number of allylic oxidation sites excluding steroid dienone is 1. The van der Waals surface area contributed by atoms with Crippen molar-refractivity contribution in [2.45, 2.75) is 24.0 Å². The second kappa shape index (κ2) is 13.7. The Morgan fingerprint density at radius 2 is 1.70 bits per heavy atom. The van der Waals surface area contributed by atoms with Crippen molar-refractivity contribution < 1.29 is 14.7 Å². The maximum absolute atomic E-state index is 10.9. The van der Waals surface area contributed by atoms with Crippen LogP contribution in [0.2, 0.25) is 5.02 Å². The van der Waals surface area contributed by atoms with Crippen molar-refractivity contribution in [3.8, 4) is 5.75 Å². The summed E-state index contributed by atoms with van der Waals surface area (Å²) < 4.78 is 5.19. The van der Waals surface area contributed by atoms with E-state index in [9.17, 15) is 5.11 Å². The van der Waals surface area contributed by atoms with E-state index in [0.717, 1.165) is 22.6 Å². The molecule has 3 aromatic rings. The summed E-state index contributed by atoms with van der Waals surface area (Å²) in [6.45, 7) is 0.384. The van der Waals surface area contributed by atoms with Gasteiger partial charge in [-0.1, -0.05) is 71.4 Å². The summed E-state index contributed by atoms with van der Waals surface area (Å²) in [7, 11) is 1.66. The Labute approximate surface area is 204 Å². The summed E-state index contributed by atoms with van der Waals surface area (Å²) in [5.41, 5.74) is 1.83. The van der Waals surface area contributed by atoms with E-state index in [1.807, 2.05) is 66.7 Å². The Morgan fingerprint density at radius 1 is 0.970 bits per heavy atom. The van der Waals surface area contributed by atoms with Crippen molar-refractivity contribution in [3.05, 3.63) is 107 Å². The van der Waals surface area contributed by atoms with E-state index in [1.165, 1.54) is 4.90 Å². The molecule has 4 nitrogen and oxygen atoms in total. The standard InChI is InChI=1S/C27H28ClNO3S/c1-31-25-14-16-26(17-15-25)33-18-6-5-9-23(27(30)22-10-12-24(28)13-11-22)19-29-32-20-21-7-3-2-4-8-21/h2-8,10-17,19,23,27,30H,9,18,20H2,1H3/b6-5+,29-19+/t23-,27-/m1/s1. The van der Waals surface area contributed by atoms with Crippen molar-refractivity contribution in [3.63, 3.8) is 0 Å². The van der Waals surface area contributed by atoms with Crippen LogP contribution in [0.25, 0.3) is 0 Å². The first-order valence-corrected chi connectivity index (χ1v) is 12.1. The lowest BCUT2D eigenvalue weighted by atomic mass is 9.94. The number of hydrogen-bond acceptors (Lipinski definition) is 5. The van der Waals surface area contributed by atoms with Crippen LogP contribution in [0.1, 0.15) is 23.7 Å². The number of methoxy groups -OCH3 is 1. The number of rotatable bonds is 12. The average Bonchev–Trinajstić information content (AvgIpc) is 2.86. The highest BCUT2D eigenvalue weighted by Gasteiger charge is 2.18. The van der Waals surface area contributed by atoms with Gasteiger partial charge in [0.05, 0.1) is 19.4 Å². The van der Waals surface area contributed by atoms with Gasteiger partial charge in [-0.15, -0.1) is 11.8 Å². The second-order valence-electron chi connectivity index (χ2n) is 7.37. The van der Waals surface area contributed by atoms with Gasteiger partial charge in [0.15, 0.2) is 0 Å². The average molecular weight is 482 g/mol. The van der Waals surface area contributed by atoms with E-state index >= 15 is 0 Å². The monoisotopic (exact) mass is 481 g/mol. The zero-order valence-electron chi connectivity index (χ0n) is 18.5. The highest BCUT2D eigenvalue weighted by molar-refractivity contribution is 7.99. The van der Waals surface area contributed by atoms with Crippen molar-refractivity contribution in [1.82, 2.24) is 0 Å². The lowest BCUT2D eigenvalue weighted by molar-refractivity contribution is 0.119. The molecule has 2 atom stereocenters. The van der Waals surface area contributed by atoms with Crippen molar-refractivity contribution >= 4 is 29.6 Å². The molecule has 3 rings (SSSR count). The summed E-state index contributed by atoms with van der Waals surface area (Å²) in [4.78, 5) is 6.63. The Morgan fingerprint density at radius 3 is 2.39 bits per heavy atom. The van der Waals surface area contributed by atoms with E-state index in [1.54, 1.807) is 37.2 Å². The minimum Gasteiger partial charge on any atom is -0.497 e. The third-order valence-electron chi connectivity index (χ3n) is 5.00. The van der Waals surface area contributed by atoms with Gasteiger partial charge in [-0.3, -0.25) is 0 Å². The van der Waals surface area contributed by atoms with Crippen LogP contribution in [-0.2, 0) is 11.4 Å². The van der Waals surface area contributed by atoms with Crippen LogP contribution in [0.15, 0.2) is 101 Å². The summed E-state index contributed by atoms with van der Waals surface area (Å²) in [5, 5.41) is 15.7. The maximum Gasteiger partial charge on any atom is 0.142 e. The Bertz CT molecular complexity index is 1010. The summed E-state index contributed by atoms with van der Waals surface area (Å²) >= 11 is 7.73. The molecule has 3 aromatic carbocycles. The zero-order chi connectivity index (χ0) is 23.3. The molecule has 0 spiro atoms. The topological polar surface area (TPSA) is 51.0 Å². The van der Waals surface area contributed by atoms with Crippen LogP contribution < -0.4 is 4.74 Å². The fraction of sp³-hybridized carbons (Fsp3) is 0.222. The third kappa shape index (κ3) is 8.61. The highest BCUT2D eigenvalue weighted by atomic mass is 35.5. The molecule has 0 aromatic heterocycles. The molecule has 33 heavy (non-hydrogen) atoms. The summed E-state index contributed by atoms with van der Waals surface area (Å²) in [6, 6.07) is 25.1. The van der Waals surface area contributed by atoms with Crippen LogP contribution in [-0.4, -0.2) is 24.2 Å². The van der Waals surface area contributed by atoms with E-state index in [4.69, 9.17) is 21.2 Å². The number of aliphatic hydroxyl groups excluding tert-OH is 1. The number of benzene rings is 3. The number of thioether (sulfide) groups is 1. The van der Waals surface area contributed by atoms with Crippen LogP contribution in [0.4, 0.5) is 0 Å². The van der Waals surface area contributed by atoms with Gasteiger partial charge in [0.25, 0.3) is 0 Å². The molecule has 0 aliphatic carbocycles. The fourth-order valence-corrected chi connectivity index (χ4v) is 4.00. The lowest BCUT2D eigenvalue weighted by Crippen LogP contribution is -2.14. The molecule has 0 heterocycles. The number of ether oxygens (including phenoxy) is 1. The minimum atomic E-state index is -0.717. The smallest absolute Gasteiger partial charge is 0.142 e. The number of halogens is 1. The first-order chi connectivity index (χ1) is 16.2. The molecule has 0 fully saturated rings. The van der Waals surface area contributed by atoms with Gasteiger partial charge in [0.1, 0.15) is 12.4 Å². The van der Waals surface area contributed by atoms with Gasteiger partial charge in [0.2, 0.25) is 0 Å². The van der Waals surface area contributed by atoms with Gasteiger partial charge in [-0.2, -0.15) is 0 Å². The zero-order valence-corrected chi connectivity index (χ0v) is 20.1. The number of oxime groups is 1. The normalized spacial score (nSPS) is 13.3. The second-order valence-corrected chi connectivity index (χ2v) is 8.90. The SMILES string of the molecule is COc1ccc(SC/C=C/C[C@H](/C=N/OCc2ccccc2)[C@H](O)c2ccc(Cl)cc2)cc1. The molecule has 0 aliphatic heterocycles. The minimum absolute atomic E-state index is 0.232. The Hall–Kier alpha value is -2.73. The Kier molecular flexibility index (Phi) is 10.4. The molecule has 0 unspecified atom stereocenters.